The first-order valence-corrected chi connectivity index (χ1v) is 7.83. The van der Waals surface area contributed by atoms with Crippen molar-refractivity contribution in [1.82, 2.24) is 0 Å². The number of benzene rings is 2. The average Bonchev–Trinajstić information content (AvgIpc) is 2.53. The molecule has 138 valence electrons. The zero-order valence-electron chi connectivity index (χ0n) is 14.5. The maximum absolute atomic E-state index is 12.5. The maximum Gasteiger partial charge on any atom is 0.416 e. The standard InChI is InChI=1S/C19H18F3NO3/c1-11-8-12(2)10-14(9-11)18(25)26-13(3)17(24)23-16-6-4-15(5-7-16)19(20,21)22/h4-10,13H,1-3H3,(H,23,24)/t13-/m1/s1. The molecule has 0 aliphatic heterocycles. The number of anilines is 1. The number of carbonyl (C=O) groups is 2. The predicted molar refractivity (Wildman–Crippen MR) is 90.9 cm³/mol. The SMILES string of the molecule is Cc1cc(C)cc(C(=O)O[C@H](C)C(=O)Nc2ccc(C(F)(F)F)cc2)c1. The van der Waals surface area contributed by atoms with Crippen LogP contribution in [0.4, 0.5) is 18.9 Å². The summed E-state index contributed by atoms with van der Waals surface area (Å²) in [5, 5.41) is 2.42. The van der Waals surface area contributed by atoms with Gasteiger partial charge in [0.1, 0.15) is 0 Å². The summed E-state index contributed by atoms with van der Waals surface area (Å²) in [5.41, 5.74) is 1.47. The lowest BCUT2D eigenvalue weighted by atomic mass is 10.1. The van der Waals surface area contributed by atoms with Crippen LogP contribution in [0.1, 0.15) is 34.0 Å². The third-order valence-electron chi connectivity index (χ3n) is 3.59. The highest BCUT2D eigenvalue weighted by Crippen LogP contribution is 2.29. The molecule has 26 heavy (non-hydrogen) atoms. The van der Waals surface area contributed by atoms with E-state index in [4.69, 9.17) is 4.74 Å². The number of amides is 1. The Kier molecular flexibility index (Phi) is 5.69. The third-order valence-corrected chi connectivity index (χ3v) is 3.59. The van der Waals surface area contributed by atoms with Gasteiger partial charge in [-0.2, -0.15) is 13.2 Å². The largest absolute Gasteiger partial charge is 0.449 e. The van der Waals surface area contributed by atoms with E-state index in [-0.39, 0.29) is 5.69 Å². The minimum absolute atomic E-state index is 0.178. The molecule has 2 aromatic rings. The molecule has 1 atom stereocenters. The van der Waals surface area contributed by atoms with E-state index in [1.165, 1.54) is 6.92 Å². The number of carbonyl (C=O) groups excluding carboxylic acids is 2. The molecule has 2 rings (SSSR count). The van der Waals surface area contributed by atoms with Gasteiger partial charge in [-0.05, 0) is 57.2 Å². The number of ether oxygens (including phenoxy) is 1. The van der Waals surface area contributed by atoms with Crippen LogP contribution < -0.4 is 5.32 Å². The van der Waals surface area contributed by atoms with Gasteiger partial charge in [0.2, 0.25) is 0 Å². The van der Waals surface area contributed by atoms with E-state index >= 15 is 0 Å². The summed E-state index contributed by atoms with van der Waals surface area (Å²) in [6.45, 7) is 5.06. The first kappa shape index (κ1) is 19.5. The lowest BCUT2D eigenvalue weighted by Crippen LogP contribution is -2.30. The van der Waals surface area contributed by atoms with Crippen molar-refractivity contribution in [3.8, 4) is 0 Å². The lowest BCUT2D eigenvalue weighted by molar-refractivity contribution is -0.137. The lowest BCUT2D eigenvalue weighted by Gasteiger charge is -2.14. The Morgan fingerprint density at radius 3 is 2.04 bits per heavy atom. The molecule has 0 radical (unpaired) electrons. The van der Waals surface area contributed by atoms with E-state index in [1.54, 1.807) is 12.1 Å². The molecule has 0 aromatic heterocycles. The fourth-order valence-corrected chi connectivity index (χ4v) is 2.36. The molecule has 2 aromatic carbocycles. The van der Waals surface area contributed by atoms with Crippen molar-refractivity contribution in [1.29, 1.82) is 0 Å². The van der Waals surface area contributed by atoms with Crippen LogP contribution in [0.3, 0.4) is 0 Å². The van der Waals surface area contributed by atoms with Gasteiger partial charge in [-0.15, -0.1) is 0 Å². The highest BCUT2D eigenvalue weighted by Gasteiger charge is 2.30. The van der Waals surface area contributed by atoms with Gasteiger partial charge in [0.15, 0.2) is 6.10 Å². The maximum atomic E-state index is 12.5. The van der Waals surface area contributed by atoms with Crippen LogP contribution in [0.5, 0.6) is 0 Å². The van der Waals surface area contributed by atoms with Crippen molar-refractivity contribution in [2.75, 3.05) is 5.32 Å². The van der Waals surface area contributed by atoms with Crippen LogP contribution in [-0.2, 0) is 15.7 Å². The molecule has 7 heteroatoms. The topological polar surface area (TPSA) is 55.4 Å². The Balaban J connectivity index is 2.00. The third kappa shape index (κ3) is 5.08. The average molecular weight is 365 g/mol. The van der Waals surface area contributed by atoms with Gasteiger partial charge >= 0.3 is 12.1 Å². The Morgan fingerprint density at radius 2 is 1.54 bits per heavy atom. The smallest absolute Gasteiger partial charge is 0.416 e. The van der Waals surface area contributed by atoms with E-state index in [0.29, 0.717) is 5.56 Å². The summed E-state index contributed by atoms with van der Waals surface area (Å²) in [6.07, 6.45) is -5.55. The number of alkyl halides is 3. The Morgan fingerprint density at radius 1 is 1.00 bits per heavy atom. The van der Waals surface area contributed by atoms with Gasteiger partial charge < -0.3 is 10.1 Å². The molecule has 0 fully saturated rings. The first-order valence-electron chi connectivity index (χ1n) is 7.83. The monoisotopic (exact) mass is 365 g/mol. The predicted octanol–water partition coefficient (Wildman–Crippen LogP) is 4.51. The second-order valence-corrected chi connectivity index (χ2v) is 5.99. The Hall–Kier alpha value is -2.83. The van der Waals surface area contributed by atoms with Crippen molar-refractivity contribution in [3.63, 3.8) is 0 Å². The summed E-state index contributed by atoms with van der Waals surface area (Å²) >= 11 is 0. The van der Waals surface area contributed by atoms with Crippen LogP contribution >= 0.6 is 0 Å². The Bertz CT molecular complexity index is 794. The molecule has 1 amide bonds. The second kappa shape index (κ2) is 7.59. The van der Waals surface area contributed by atoms with Crippen molar-refractivity contribution in [2.45, 2.75) is 33.1 Å². The van der Waals surface area contributed by atoms with Gasteiger partial charge in [0.25, 0.3) is 5.91 Å². The molecule has 1 N–H and O–H groups in total. The Labute approximate surface area is 149 Å². The van der Waals surface area contributed by atoms with Gasteiger partial charge in [-0.3, -0.25) is 4.79 Å². The van der Waals surface area contributed by atoms with E-state index in [1.807, 2.05) is 19.9 Å². The van der Waals surface area contributed by atoms with E-state index < -0.39 is 29.7 Å². The van der Waals surface area contributed by atoms with Crippen LogP contribution in [0.15, 0.2) is 42.5 Å². The minimum Gasteiger partial charge on any atom is -0.449 e. The van der Waals surface area contributed by atoms with Crippen molar-refractivity contribution in [3.05, 3.63) is 64.7 Å². The molecule has 0 aliphatic carbocycles. The fraction of sp³-hybridized carbons (Fsp3) is 0.263. The van der Waals surface area contributed by atoms with Gasteiger partial charge in [0, 0.05) is 5.69 Å². The van der Waals surface area contributed by atoms with Crippen LogP contribution in [0.25, 0.3) is 0 Å². The van der Waals surface area contributed by atoms with Crippen molar-refractivity contribution in [2.24, 2.45) is 0 Å². The fourth-order valence-electron chi connectivity index (χ4n) is 2.36. The molecule has 0 unspecified atom stereocenters. The molecular formula is C19H18F3NO3. The number of hydrogen-bond donors (Lipinski definition) is 1. The number of halogens is 3. The second-order valence-electron chi connectivity index (χ2n) is 5.99. The molecule has 4 nitrogen and oxygen atoms in total. The molecule has 0 bridgehead atoms. The highest BCUT2D eigenvalue weighted by molar-refractivity contribution is 5.97. The van der Waals surface area contributed by atoms with Gasteiger partial charge in [-0.1, -0.05) is 17.2 Å². The molecular weight excluding hydrogens is 347 g/mol. The summed E-state index contributed by atoms with van der Waals surface area (Å²) in [5.74, 6) is -1.28. The van der Waals surface area contributed by atoms with Crippen LogP contribution in [0.2, 0.25) is 0 Å². The number of rotatable bonds is 4. The van der Waals surface area contributed by atoms with Crippen LogP contribution in [-0.4, -0.2) is 18.0 Å². The molecule has 0 saturated heterocycles. The number of hydrogen-bond acceptors (Lipinski definition) is 3. The molecule has 0 saturated carbocycles. The van der Waals surface area contributed by atoms with Crippen molar-refractivity contribution < 1.29 is 27.5 Å². The van der Waals surface area contributed by atoms with Gasteiger partial charge in [0.05, 0.1) is 11.1 Å². The van der Waals surface area contributed by atoms with Gasteiger partial charge in [-0.25, -0.2) is 4.79 Å². The molecule has 0 spiro atoms. The quantitative estimate of drug-likeness (QED) is 0.812. The summed E-state index contributed by atoms with van der Waals surface area (Å²) < 4.78 is 42.7. The zero-order chi connectivity index (χ0) is 19.5. The van der Waals surface area contributed by atoms with E-state index in [9.17, 15) is 22.8 Å². The molecule has 0 aliphatic rings. The van der Waals surface area contributed by atoms with E-state index in [0.717, 1.165) is 35.4 Å². The van der Waals surface area contributed by atoms with E-state index in [2.05, 4.69) is 5.32 Å². The van der Waals surface area contributed by atoms with Crippen molar-refractivity contribution >= 4 is 17.6 Å². The minimum atomic E-state index is -4.45. The summed E-state index contributed by atoms with van der Waals surface area (Å²) in [6, 6.07) is 9.20. The normalized spacial score (nSPS) is 12.4. The number of nitrogens with one attached hydrogen (secondary N) is 1. The number of aryl methyl sites for hydroxylation is 2. The highest BCUT2D eigenvalue weighted by atomic mass is 19.4. The first-order chi connectivity index (χ1) is 12.1. The van der Waals surface area contributed by atoms with Crippen LogP contribution in [0, 0.1) is 13.8 Å². The summed E-state index contributed by atoms with van der Waals surface area (Å²) in [4.78, 5) is 24.2. The zero-order valence-corrected chi connectivity index (χ0v) is 14.5. The summed E-state index contributed by atoms with van der Waals surface area (Å²) in [7, 11) is 0. The molecule has 0 heterocycles. The number of esters is 1.